The fraction of sp³-hybridized carbons (Fsp3) is 0.368. The van der Waals surface area contributed by atoms with E-state index in [4.69, 9.17) is 9.47 Å². The number of rotatable bonds is 9. The van der Waals surface area contributed by atoms with E-state index in [-0.39, 0.29) is 18.0 Å². The molecular weight excluding hydrogens is 338 g/mol. The maximum absolute atomic E-state index is 12.2. The molecule has 0 bridgehead atoms. The number of benzene rings is 2. The molecule has 5 nitrogen and oxygen atoms in total. The molecule has 0 saturated heterocycles. The zero-order valence-electron chi connectivity index (χ0n) is 14.9. The largest absolute Gasteiger partial charge is 0.494 e. The third-order valence-corrected chi connectivity index (χ3v) is 5.13. The van der Waals surface area contributed by atoms with Crippen molar-refractivity contribution in [3.8, 4) is 11.5 Å². The van der Waals surface area contributed by atoms with Gasteiger partial charge in [-0.05, 0) is 54.8 Å². The van der Waals surface area contributed by atoms with Crippen LogP contribution in [0.5, 0.6) is 11.5 Å². The highest BCUT2D eigenvalue weighted by Crippen LogP contribution is 2.18. The molecule has 6 heteroatoms. The maximum Gasteiger partial charge on any atom is 0.240 e. The van der Waals surface area contributed by atoms with E-state index in [9.17, 15) is 8.42 Å². The van der Waals surface area contributed by atoms with Crippen LogP contribution in [0.4, 0.5) is 0 Å². The summed E-state index contributed by atoms with van der Waals surface area (Å²) in [6, 6.07) is 14.2. The van der Waals surface area contributed by atoms with Gasteiger partial charge >= 0.3 is 0 Å². The lowest BCUT2D eigenvalue weighted by atomic mass is 10.0. The van der Waals surface area contributed by atoms with Crippen LogP contribution in [0, 0.1) is 0 Å². The standard InChI is InChI=1S/C19H25NO4S/c1-4-23-17-9-11-19(12-10-17)25(21,22)20-13-14-24-18-7-5-16(6-8-18)15(2)3/h5-12,15,20H,4,13-14H2,1-3H3. The number of hydrogen-bond acceptors (Lipinski definition) is 4. The molecule has 0 saturated carbocycles. The topological polar surface area (TPSA) is 64.6 Å². The fourth-order valence-corrected chi connectivity index (χ4v) is 3.27. The summed E-state index contributed by atoms with van der Waals surface area (Å²) in [5, 5.41) is 0. The van der Waals surface area contributed by atoms with Gasteiger partial charge in [0, 0.05) is 6.54 Å². The highest BCUT2D eigenvalue weighted by atomic mass is 32.2. The lowest BCUT2D eigenvalue weighted by molar-refractivity contribution is 0.322. The minimum absolute atomic E-state index is 0.196. The van der Waals surface area contributed by atoms with Crippen LogP contribution in [0.2, 0.25) is 0 Å². The summed E-state index contributed by atoms with van der Waals surface area (Å²) in [5.41, 5.74) is 1.24. The molecule has 0 aliphatic carbocycles. The molecule has 0 heterocycles. The summed E-state index contributed by atoms with van der Waals surface area (Å²) in [5.74, 6) is 1.84. The van der Waals surface area contributed by atoms with Gasteiger partial charge in [-0.1, -0.05) is 26.0 Å². The second-order valence-electron chi connectivity index (χ2n) is 5.87. The number of nitrogens with one attached hydrogen (secondary N) is 1. The van der Waals surface area contributed by atoms with Gasteiger partial charge in [0.05, 0.1) is 11.5 Å². The first kappa shape index (κ1) is 19.3. The lowest BCUT2D eigenvalue weighted by Gasteiger charge is -2.10. The van der Waals surface area contributed by atoms with Crippen molar-refractivity contribution in [2.75, 3.05) is 19.8 Å². The highest BCUT2D eigenvalue weighted by molar-refractivity contribution is 7.89. The SMILES string of the molecule is CCOc1ccc(S(=O)(=O)NCCOc2ccc(C(C)C)cc2)cc1. The van der Waals surface area contributed by atoms with Crippen LogP contribution in [-0.4, -0.2) is 28.2 Å². The molecule has 0 aliphatic rings. The van der Waals surface area contributed by atoms with E-state index in [1.165, 1.54) is 17.7 Å². The van der Waals surface area contributed by atoms with E-state index in [0.29, 0.717) is 18.3 Å². The molecule has 0 unspecified atom stereocenters. The average Bonchev–Trinajstić information content (AvgIpc) is 2.60. The zero-order valence-corrected chi connectivity index (χ0v) is 15.7. The van der Waals surface area contributed by atoms with Crippen LogP contribution >= 0.6 is 0 Å². The Kier molecular flexibility index (Phi) is 6.84. The summed E-state index contributed by atoms with van der Waals surface area (Å²) >= 11 is 0. The third kappa shape index (κ3) is 5.76. The molecule has 0 fully saturated rings. The quantitative estimate of drug-likeness (QED) is 0.692. The van der Waals surface area contributed by atoms with E-state index in [2.05, 4.69) is 18.6 Å². The van der Waals surface area contributed by atoms with Crippen LogP contribution in [-0.2, 0) is 10.0 Å². The Bertz CT molecular complexity index is 753. The highest BCUT2D eigenvalue weighted by Gasteiger charge is 2.13. The zero-order chi connectivity index (χ0) is 18.3. The summed E-state index contributed by atoms with van der Waals surface area (Å²) in [7, 11) is -3.55. The number of hydrogen-bond donors (Lipinski definition) is 1. The van der Waals surface area contributed by atoms with Crippen LogP contribution in [0.3, 0.4) is 0 Å². The van der Waals surface area contributed by atoms with Gasteiger partial charge in [0.1, 0.15) is 18.1 Å². The first-order valence-electron chi connectivity index (χ1n) is 8.37. The summed E-state index contributed by atoms with van der Waals surface area (Å²) < 4.78 is 37.9. The molecule has 0 atom stereocenters. The number of ether oxygens (including phenoxy) is 2. The minimum Gasteiger partial charge on any atom is -0.494 e. The molecule has 0 aromatic heterocycles. The second-order valence-corrected chi connectivity index (χ2v) is 7.64. The first-order valence-corrected chi connectivity index (χ1v) is 9.86. The number of sulfonamides is 1. The van der Waals surface area contributed by atoms with Crippen LogP contribution in [0.15, 0.2) is 53.4 Å². The van der Waals surface area contributed by atoms with Gasteiger partial charge < -0.3 is 9.47 Å². The van der Waals surface area contributed by atoms with E-state index in [0.717, 1.165) is 5.75 Å². The Morgan fingerprint density at radius 1 is 0.920 bits per heavy atom. The summed E-state index contributed by atoms with van der Waals surface area (Å²) in [4.78, 5) is 0.206. The maximum atomic E-state index is 12.2. The average molecular weight is 363 g/mol. The Labute approximate surface area is 150 Å². The van der Waals surface area contributed by atoms with Crippen molar-refractivity contribution in [3.05, 3.63) is 54.1 Å². The molecule has 2 aromatic carbocycles. The van der Waals surface area contributed by atoms with E-state index in [1.807, 2.05) is 31.2 Å². The molecule has 0 spiro atoms. The molecule has 1 N–H and O–H groups in total. The monoisotopic (exact) mass is 363 g/mol. The van der Waals surface area contributed by atoms with Gasteiger partial charge in [0.2, 0.25) is 10.0 Å². The van der Waals surface area contributed by atoms with Crippen LogP contribution < -0.4 is 14.2 Å². The van der Waals surface area contributed by atoms with Crippen LogP contribution in [0.25, 0.3) is 0 Å². The molecule has 0 amide bonds. The van der Waals surface area contributed by atoms with Gasteiger partial charge in [-0.3, -0.25) is 0 Å². The van der Waals surface area contributed by atoms with Gasteiger partial charge in [-0.2, -0.15) is 0 Å². The van der Waals surface area contributed by atoms with E-state index in [1.54, 1.807) is 12.1 Å². The molecule has 25 heavy (non-hydrogen) atoms. The predicted octanol–water partition coefficient (Wildman–Crippen LogP) is 3.57. The van der Waals surface area contributed by atoms with Crippen molar-refractivity contribution < 1.29 is 17.9 Å². The molecule has 0 aliphatic heterocycles. The Morgan fingerprint density at radius 3 is 2.04 bits per heavy atom. The molecule has 2 aromatic rings. The van der Waals surface area contributed by atoms with Crippen LogP contribution in [0.1, 0.15) is 32.3 Å². The van der Waals surface area contributed by atoms with Gasteiger partial charge in [-0.15, -0.1) is 0 Å². The summed E-state index contributed by atoms with van der Waals surface area (Å²) in [6.45, 7) is 7.14. The molecule has 2 rings (SSSR count). The van der Waals surface area contributed by atoms with E-state index < -0.39 is 10.0 Å². The third-order valence-electron chi connectivity index (χ3n) is 3.65. The Hall–Kier alpha value is -2.05. The van der Waals surface area contributed by atoms with Gasteiger partial charge in [0.15, 0.2) is 0 Å². The normalized spacial score (nSPS) is 11.5. The van der Waals surface area contributed by atoms with Crippen molar-refractivity contribution in [1.82, 2.24) is 4.72 Å². The lowest BCUT2D eigenvalue weighted by Crippen LogP contribution is -2.28. The first-order chi connectivity index (χ1) is 11.9. The van der Waals surface area contributed by atoms with Crippen molar-refractivity contribution in [2.45, 2.75) is 31.6 Å². The Morgan fingerprint density at radius 2 is 1.48 bits per heavy atom. The minimum atomic E-state index is -3.55. The van der Waals surface area contributed by atoms with Gasteiger partial charge in [-0.25, -0.2) is 13.1 Å². The smallest absolute Gasteiger partial charge is 0.240 e. The summed E-state index contributed by atoms with van der Waals surface area (Å²) in [6.07, 6.45) is 0. The Balaban J connectivity index is 1.83. The van der Waals surface area contributed by atoms with Crippen molar-refractivity contribution in [1.29, 1.82) is 0 Å². The van der Waals surface area contributed by atoms with Gasteiger partial charge in [0.25, 0.3) is 0 Å². The molecule has 136 valence electrons. The van der Waals surface area contributed by atoms with Crippen molar-refractivity contribution >= 4 is 10.0 Å². The van der Waals surface area contributed by atoms with E-state index >= 15 is 0 Å². The second kappa shape index (κ2) is 8.87. The van der Waals surface area contributed by atoms with Crippen molar-refractivity contribution in [3.63, 3.8) is 0 Å². The molecular formula is C19H25NO4S. The predicted molar refractivity (Wildman–Crippen MR) is 98.8 cm³/mol. The fourth-order valence-electron chi connectivity index (χ4n) is 2.26. The van der Waals surface area contributed by atoms with Crippen molar-refractivity contribution in [2.24, 2.45) is 0 Å². The molecule has 0 radical (unpaired) electrons.